The number of amides is 1. The van der Waals surface area contributed by atoms with E-state index in [1.54, 1.807) is 11.9 Å². The molecular weight excluding hydrogens is 286 g/mol. The molecule has 0 aromatic carbocycles. The van der Waals surface area contributed by atoms with Crippen LogP contribution in [0.1, 0.15) is 28.0 Å². The van der Waals surface area contributed by atoms with Crippen LogP contribution < -0.4 is 11.1 Å². The van der Waals surface area contributed by atoms with Crippen LogP contribution in [0.25, 0.3) is 0 Å². The van der Waals surface area contributed by atoms with Gasteiger partial charge in [0.2, 0.25) is 0 Å². The smallest absolute Gasteiger partial charge is 0.268 e. The first kappa shape index (κ1) is 15.2. The van der Waals surface area contributed by atoms with Crippen molar-refractivity contribution in [3.05, 3.63) is 34.5 Å². The van der Waals surface area contributed by atoms with Gasteiger partial charge in [-0.2, -0.15) is 0 Å². The first-order chi connectivity index (χ1) is 10.0. The molecule has 0 aliphatic rings. The lowest BCUT2D eigenvalue weighted by Crippen LogP contribution is -2.30. The van der Waals surface area contributed by atoms with Crippen LogP contribution in [-0.4, -0.2) is 34.4 Å². The van der Waals surface area contributed by atoms with Crippen LogP contribution in [0.2, 0.25) is 0 Å². The number of hydrogen-bond donors (Lipinski definition) is 2. The summed E-state index contributed by atoms with van der Waals surface area (Å²) in [6.45, 7) is 4.91. The van der Waals surface area contributed by atoms with Gasteiger partial charge in [-0.05, 0) is 26.0 Å². The molecule has 112 valence electrons. The van der Waals surface area contributed by atoms with Crippen LogP contribution in [0.3, 0.4) is 0 Å². The number of nitrogen functional groups attached to an aromatic ring is 1. The van der Waals surface area contributed by atoms with Crippen LogP contribution >= 0.6 is 11.3 Å². The zero-order chi connectivity index (χ0) is 15.4. The summed E-state index contributed by atoms with van der Waals surface area (Å²) in [5.41, 5.74) is 7.62. The van der Waals surface area contributed by atoms with Crippen molar-refractivity contribution in [1.29, 1.82) is 0 Å². The summed E-state index contributed by atoms with van der Waals surface area (Å²) in [6.07, 6.45) is 0. The molecule has 6 nitrogen and oxygen atoms in total. The lowest BCUT2D eigenvalue weighted by Gasteiger charge is -2.20. The maximum Gasteiger partial charge on any atom is 0.268 e. The molecule has 0 aliphatic heterocycles. The molecule has 0 atom stereocenters. The average Bonchev–Trinajstić information content (AvgIpc) is 2.85. The van der Waals surface area contributed by atoms with E-state index in [1.807, 2.05) is 32.0 Å². The first-order valence-corrected chi connectivity index (χ1v) is 7.52. The van der Waals surface area contributed by atoms with Crippen molar-refractivity contribution in [2.24, 2.45) is 0 Å². The number of pyridine rings is 1. The number of hydrogen-bond acceptors (Lipinski definition) is 6. The van der Waals surface area contributed by atoms with Gasteiger partial charge in [0.05, 0.1) is 12.2 Å². The van der Waals surface area contributed by atoms with Crippen LogP contribution in [0.5, 0.6) is 0 Å². The van der Waals surface area contributed by atoms with Gasteiger partial charge in [0.1, 0.15) is 10.7 Å². The molecule has 0 aliphatic carbocycles. The molecule has 0 unspecified atom stereocenters. The Morgan fingerprint density at radius 1 is 1.43 bits per heavy atom. The molecule has 0 radical (unpaired) electrons. The molecule has 2 aromatic rings. The normalized spacial score (nSPS) is 10.4. The predicted octanol–water partition coefficient (Wildman–Crippen LogP) is 2.13. The number of nitrogens with one attached hydrogen (secondary N) is 1. The van der Waals surface area contributed by atoms with Crippen molar-refractivity contribution in [3.63, 3.8) is 0 Å². The van der Waals surface area contributed by atoms with Gasteiger partial charge in [-0.15, -0.1) is 0 Å². The molecule has 0 fully saturated rings. The summed E-state index contributed by atoms with van der Waals surface area (Å²) in [6, 6.07) is 5.79. The van der Waals surface area contributed by atoms with E-state index in [9.17, 15) is 4.79 Å². The van der Waals surface area contributed by atoms with Gasteiger partial charge in [-0.3, -0.25) is 9.78 Å². The molecule has 1 amide bonds. The highest BCUT2D eigenvalue weighted by Gasteiger charge is 2.21. The van der Waals surface area contributed by atoms with E-state index in [1.165, 1.54) is 11.3 Å². The van der Waals surface area contributed by atoms with E-state index in [4.69, 9.17) is 5.73 Å². The molecule has 3 N–H and O–H groups in total. The molecular formula is C14H19N5OS. The van der Waals surface area contributed by atoms with Gasteiger partial charge >= 0.3 is 0 Å². The van der Waals surface area contributed by atoms with Crippen LogP contribution in [0, 0.1) is 6.92 Å². The highest BCUT2D eigenvalue weighted by atomic mass is 32.1. The van der Waals surface area contributed by atoms with Crippen LogP contribution in [0.15, 0.2) is 18.2 Å². The van der Waals surface area contributed by atoms with Crippen molar-refractivity contribution >= 4 is 28.2 Å². The van der Waals surface area contributed by atoms with Crippen molar-refractivity contribution in [2.75, 3.05) is 24.6 Å². The minimum Gasteiger partial charge on any atom is -0.382 e. The molecule has 0 saturated carbocycles. The van der Waals surface area contributed by atoms with E-state index in [-0.39, 0.29) is 11.7 Å². The molecule has 0 bridgehead atoms. The zero-order valence-electron chi connectivity index (χ0n) is 12.4. The Kier molecular flexibility index (Phi) is 4.74. The Balaban J connectivity index is 2.20. The van der Waals surface area contributed by atoms with Gasteiger partial charge in [-0.25, -0.2) is 4.98 Å². The van der Waals surface area contributed by atoms with Crippen molar-refractivity contribution in [3.8, 4) is 0 Å². The van der Waals surface area contributed by atoms with Gasteiger partial charge in [-0.1, -0.05) is 17.4 Å². The van der Waals surface area contributed by atoms with Crippen LogP contribution in [-0.2, 0) is 6.54 Å². The topological polar surface area (TPSA) is 84.1 Å². The van der Waals surface area contributed by atoms with Gasteiger partial charge < -0.3 is 16.0 Å². The molecule has 7 heteroatoms. The second-order valence-electron chi connectivity index (χ2n) is 4.57. The third-order valence-electron chi connectivity index (χ3n) is 3.03. The van der Waals surface area contributed by atoms with E-state index < -0.39 is 0 Å². The third kappa shape index (κ3) is 3.49. The highest BCUT2D eigenvalue weighted by Crippen LogP contribution is 2.26. The Labute approximate surface area is 128 Å². The molecule has 0 spiro atoms. The van der Waals surface area contributed by atoms with Crippen molar-refractivity contribution in [1.82, 2.24) is 14.9 Å². The Morgan fingerprint density at radius 3 is 2.76 bits per heavy atom. The number of carbonyl (C=O) groups excluding carboxylic acids is 1. The SMILES string of the molecule is CCN(Cc1cccc(C)n1)C(=O)c1sc(NC)nc1N. The summed E-state index contributed by atoms with van der Waals surface area (Å²) in [5, 5.41) is 3.54. The summed E-state index contributed by atoms with van der Waals surface area (Å²) < 4.78 is 0. The number of rotatable bonds is 5. The predicted molar refractivity (Wildman–Crippen MR) is 85.5 cm³/mol. The van der Waals surface area contributed by atoms with E-state index >= 15 is 0 Å². The highest BCUT2D eigenvalue weighted by molar-refractivity contribution is 7.18. The Bertz CT molecular complexity index is 640. The number of anilines is 2. The molecule has 2 rings (SSSR count). The molecule has 0 saturated heterocycles. The van der Waals surface area contributed by atoms with Crippen molar-refractivity contribution in [2.45, 2.75) is 20.4 Å². The number of aryl methyl sites for hydroxylation is 1. The van der Waals surface area contributed by atoms with Crippen molar-refractivity contribution < 1.29 is 4.79 Å². The number of aromatic nitrogens is 2. The summed E-state index contributed by atoms with van der Waals surface area (Å²) in [5.74, 6) is 0.155. The lowest BCUT2D eigenvalue weighted by atomic mass is 10.3. The summed E-state index contributed by atoms with van der Waals surface area (Å²) in [7, 11) is 1.75. The average molecular weight is 305 g/mol. The second-order valence-corrected chi connectivity index (χ2v) is 5.57. The maximum atomic E-state index is 12.6. The number of carbonyl (C=O) groups is 1. The minimum atomic E-state index is -0.114. The first-order valence-electron chi connectivity index (χ1n) is 6.71. The van der Waals surface area contributed by atoms with E-state index in [0.717, 1.165) is 11.4 Å². The molecule has 2 heterocycles. The van der Waals surface area contributed by atoms with E-state index in [2.05, 4.69) is 15.3 Å². The third-order valence-corrected chi connectivity index (χ3v) is 4.11. The van der Waals surface area contributed by atoms with Crippen LogP contribution in [0.4, 0.5) is 10.9 Å². The number of thiazole rings is 1. The zero-order valence-corrected chi connectivity index (χ0v) is 13.2. The number of nitrogens with zero attached hydrogens (tertiary/aromatic N) is 3. The monoisotopic (exact) mass is 305 g/mol. The van der Waals surface area contributed by atoms with Gasteiger partial charge in [0, 0.05) is 19.3 Å². The van der Waals surface area contributed by atoms with Gasteiger partial charge in [0.25, 0.3) is 5.91 Å². The fourth-order valence-electron chi connectivity index (χ4n) is 1.95. The standard InChI is InChI=1S/C14H19N5OS/c1-4-19(8-10-7-5-6-9(2)17-10)13(20)11-12(15)18-14(16-3)21-11/h5-7H,4,8,15H2,1-3H3,(H,16,18). The maximum absolute atomic E-state index is 12.6. The second kappa shape index (κ2) is 6.53. The number of nitrogens with two attached hydrogens (primary N) is 1. The Hall–Kier alpha value is -2.15. The Morgan fingerprint density at radius 2 is 2.19 bits per heavy atom. The van der Waals surface area contributed by atoms with Gasteiger partial charge in [0.15, 0.2) is 5.13 Å². The van der Waals surface area contributed by atoms with E-state index in [0.29, 0.717) is 23.1 Å². The largest absolute Gasteiger partial charge is 0.382 e. The summed E-state index contributed by atoms with van der Waals surface area (Å²) in [4.78, 5) is 23.3. The fraction of sp³-hybridized carbons (Fsp3) is 0.357. The molecule has 2 aromatic heterocycles. The summed E-state index contributed by atoms with van der Waals surface area (Å²) >= 11 is 1.27. The minimum absolute atomic E-state index is 0.114. The fourth-order valence-corrected chi connectivity index (χ4v) is 2.75. The molecule has 21 heavy (non-hydrogen) atoms. The quantitative estimate of drug-likeness (QED) is 0.884. The lowest BCUT2D eigenvalue weighted by molar-refractivity contribution is 0.0756.